The van der Waals surface area contributed by atoms with Crippen LogP contribution in [0, 0.1) is 10.1 Å². The molecule has 0 aromatic heterocycles. The molecule has 0 aliphatic rings. The van der Waals surface area contributed by atoms with E-state index in [9.17, 15) is 14.9 Å². The Morgan fingerprint density at radius 2 is 1.75 bits per heavy atom. The number of amides is 1. The molecule has 0 heterocycles. The lowest BCUT2D eigenvalue weighted by Gasteiger charge is -2.10. The van der Waals surface area contributed by atoms with Gasteiger partial charge in [-0.1, -0.05) is 69.4 Å². The van der Waals surface area contributed by atoms with Crippen LogP contribution in [-0.2, 0) is 5.75 Å². The van der Waals surface area contributed by atoms with Gasteiger partial charge in [0.15, 0.2) is 0 Å². The first-order valence-electron chi connectivity index (χ1n) is 9.85. The molecule has 0 atom stereocenters. The summed E-state index contributed by atoms with van der Waals surface area (Å²) in [6.07, 6.45) is 6.98. The highest BCUT2D eigenvalue weighted by Gasteiger charge is 2.16. The molecule has 150 valence electrons. The summed E-state index contributed by atoms with van der Waals surface area (Å²) >= 11 is 1.45. The number of thioether (sulfide) groups is 1. The lowest BCUT2D eigenvalue weighted by atomic mass is 10.1. The third-order valence-electron chi connectivity index (χ3n) is 4.47. The predicted molar refractivity (Wildman–Crippen MR) is 115 cm³/mol. The van der Waals surface area contributed by atoms with E-state index in [2.05, 4.69) is 12.2 Å². The van der Waals surface area contributed by atoms with Gasteiger partial charge in [0.2, 0.25) is 0 Å². The van der Waals surface area contributed by atoms with Crippen LogP contribution < -0.4 is 5.32 Å². The zero-order chi connectivity index (χ0) is 20.2. The monoisotopic (exact) mass is 400 g/mol. The van der Waals surface area contributed by atoms with Gasteiger partial charge in [0.05, 0.1) is 10.5 Å². The maximum absolute atomic E-state index is 12.6. The second-order valence-electron chi connectivity index (χ2n) is 6.74. The van der Waals surface area contributed by atoms with Crippen molar-refractivity contribution in [2.75, 3.05) is 6.54 Å². The highest BCUT2D eigenvalue weighted by molar-refractivity contribution is 7.98. The number of unbranched alkanes of at least 4 members (excludes halogenated alkanes) is 5. The molecule has 6 heteroatoms. The molecule has 0 radical (unpaired) electrons. The second-order valence-corrected chi connectivity index (χ2v) is 7.75. The number of benzene rings is 2. The maximum atomic E-state index is 12.6. The van der Waals surface area contributed by atoms with Crippen LogP contribution in [0.5, 0.6) is 0 Å². The Hall–Kier alpha value is -2.34. The summed E-state index contributed by atoms with van der Waals surface area (Å²) in [6, 6.07) is 14.3. The molecular formula is C22H28N2O3S. The Morgan fingerprint density at radius 3 is 2.46 bits per heavy atom. The van der Waals surface area contributed by atoms with Crippen molar-refractivity contribution in [1.82, 2.24) is 5.32 Å². The Kier molecular flexibility index (Phi) is 9.55. The zero-order valence-electron chi connectivity index (χ0n) is 16.4. The molecule has 5 nitrogen and oxygen atoms in total. The fraction of sp³-hybridized carbons (Fsp3) is 0.409. The number of rotatable bonds is 12. The van der Waals surface area contributed by atoms with E-state index in [0.717, 1.165) is 18.4 Å². The van der Waals surface area contributed by atoms with E-state index in [1.807, 2.05) is 30.3 Å². The largest absolute Gasteiger partial charge is 0.352 e. The molecule has 2 aromatic rings. The summed E-state index contributed by atoms with van der Waals surface area (Å²) in [5, 5.41) is 14.1. The van der Waals surface area contributed by atoms with E-state index >= 15 is 0 Å². The van der Waals surface area contributed by atoms with E-state index < -0.39 is 4.92 Å². The minimum atomic E-state index is -0.426. The maximum Gasteiger partial charge on any atom is 0.270 e. The van der Waals surface area contributed by atoms with Crippen LogP contribution in [-0.4, -0.2) is 17.4 Å². The number of nitrogens with one attached hydrogen (secondary N) is 1. The van der Waals surface area contributed by atoms with Crippen molar-refractivity contribution >= 4 is 23.4 Å². The fourth-order valence-corrected chi connectivity index (χ4v) is 3.90. The summed E-state index contributed by atoms with van der Waals surface area (Å²) in [5.74, 6) is 0.485. The molecule has 28 heavy (non-hydrogen) atoms. The van der Waals surface area contributed by atoms with E-state index in [-0.39, 0.29) is 11.6 Å². The van der Waals surface area contributed by atoms with E-state index in [1.54, 1.807) is 6.07 Å². The number of nitrogens with zero attached hydrogens (tertiary/aromatic N) is 1. The first-order chi connectivity index (χ1) is 13.6. The number of non-ortho nitro benzene ring substituents is 1. The number of nitro groups is 1. The normalized spacial score (nSPS) is 10.6. The smallest absolute Gasteiger partial charge is 0.270 e. The van der Waals surface area contributed by atoms with E-state index in [4.69, 9.17) is 0 Å². The van der Waals surface area contributed by atoms with Gasteiger partial charge in [-0.05, 0) is 18.1 Å². The molecule has 1 N–H and O–H groups in total. The topological polar surface area (TPSA) is 72.2 Å². The molecule has 0 aliphatic heterocycles. The van der Waals surface area contributed by atoms with Crippen LogP contribution in [0.2, 0.25) is 0 Å². The molecule has 0 bridgehead atoms. The van der Waals surface area contributed by atoms with Crippen LogP contribution in [0.4, 0.5) is 5.69 Å². The Labute approximate surface area is 171 Å². The van der Waals surface area contributed by atoms with E-state index in [0.29, 0.717) is 22.8 Å². The molecule has 0 fully saturated rings. The van der Waals surface area contributed by atoms with Crippen LogP contribution in [0.3, 0.4) is 0 Å². The number of hydrogen-bond donors (Lipinski definition) is 1. The Bertz CT molecular complexity index is 766. The van der Waals surface area contributed by atoms with Gasteiger partial charge in [-0.2, -0.15) is 0 Å². The first kappa shape index (κ1) is 22.0. The minimum absolute atomic E-state index is 0.00281. The Balaban J connectivity index is 1.97. The summed E-state index contributed by atoms with van der Waals surface area (Å²) in [6.45, 7) is 2.82. The summed E-state index contributed by atoms with van der Waals surface area (Å²) < 4.78 is 0. The summed E-state index contributed by atoms with van der Waals surface area (Å²) in [7, 11) is 0. The predicted octanol–water partition coefficient (Wildman–Crippen LogP) is 5.98. The fourth-order valence-electron chi connectivity index (χ4n) is 2.87. The lowest BCUT2D eigenvalue weighted by Crippen LogP contribution is -2.25. The molecule has 0 aliphatic carbocycles. The molecule has 1 amide bonds. The highest BCUT2D eigenvalue weighted by atomic mass is 32.2. The molecule has 0 saturated carbocycles. The number of hydrogen-bond acceptors (Lipinski definition) is 4. The standard InChI is InChI=1S/C22H28N2O3S/c1-2-3-4-5-6-10-15-23-22(25)20-14-13-19(24(26)27)16-21(20)28-17-18-11-8-7-9-12-18/h7-9,11-14,16H,2-6,10,15,17H2,1H3,(H,23,25). The molecule has 0 unspecified atom stereocenters. The van der Waals surface area contributed by atoms with Gasteiger partial charge in [-0.3, -0.25) is 14.9 Å². The van der Waals surface area contributed by atoms with Crippen LogP contribution in [0.1, 0.15) is 61.4 Å². The number of carbonyl (C=O) groups excluding carboxylic acids is 1. The van der Waals surface area contributed by atoms with Gasteiger partial charge in [-0.15, -0.1) is 11.8 Å². The van der Waals surface area contributed by atoms with Crippen molar-refractivity contribution in [2.45, 2.75) is 56.1 Å². The molecule has 0 saturated heterocycles. The molecule has 2 aromatic carbocycles. The molecular weight excluding hydrogens is 372 g/mol. The lowest BCUT2D eigenvalue weighted by molar-refractivity contribution is -0.385. The van der Waals surface area contributed by atoms with E-state index in [1.165, 1.54) is 49.6 Å². The minimum Gasteiger partial charge on any atom is -0.352 e. The summed E-state index contributed by atoms with van der Waals surface area (Å²) in [5.41, 5.74) is 1.61. The third kappa shape index (κ3) is 7.35. The van der Waals surface area contributed by atoms with Gasteiger partial charge in [0, 0.05) is 29.3 Å². The van der Waals surface area contributed by atoms with Gasteiger partial charge in [0.25, 0.3) is 11.6 Å². The zero-order valence-corrected chi connectivity index (χ0v) is 17.2. The second kappa shape index (κ2) is 12.2. The van der Waals surface area contributed by atoms with Gasteiger partial charge in [-0.25, -0.2) is 0 Å². The third-order valence-corrected chi connectivity index (χ3v) is 5.60. The van der Waals surface area contributed by atoms with Crippen molar-refractivity contribution in [1.29, 1.82) is 0 Å². The van der Waals surface area contributed by atoms with Crippen molar-refractivity contribution in [3.05, 3.63) is 69.8 Å². The van der Waals surface area contributed by atoms with Crippen LogP contribution in [0.15, 0.2) is 53.4 Å². The summed E-state index contributed by atoms with van der Waals surface area (Å²) in [4.78, 5) is 23.9. The quantitative estimate of drug-likeness (QED) is 0.206. The van der Waals surface area contributed by atoms with Crippen molar-refractivity contribution in [3.8, 4) is 0 Å². The van der Waals surface area contributed by atoms with Gasteiger partial charge in [0.1, 0.15) is 0 Å². The number of nitro benzene ring substituents is 1. The first-order valence-corrected chi connectivity index (χ1v) is 10.8. The number of carbonyl (C=O) groups is 1. The van der Waals surface area contributed by atoms with Gasteiger partial charge >= 0.3 is 0 Å². The highest BCUT2D eigenvalue weighted by Crippen LogP contribution is 2.30. The van der Waals surface area contributed by atoms with Crippen LogP contribution in [0.25, 0.3) is 0 Å². The SMILES string of the molecule is CCCCCCCCNC(=O)c1ccc([N+](=O)[O-])cc1SCc1ccccc1. The molecule has 2 rings (SSSR count). The van der Waals surface area contributed by atoms with Crippen molar-refractivity contribution in [3.63, 3.8) is 0 Å². The van der Waals surface area contributed by atoms with Crippen LogP contribution >= 0.6 is 11.8 Å². The average Bonchev–Trinajstić information content (AvgIpc) is 2.72. The van der Waals surface area contributed by atoms with Crippen molar-refractivity contribution < 1.29 is 9.72 Å². The van der Waals surface area contributed by atoms with Gasteiger partial charge < -0.3 is 5.32 Å². The Morgan fingerprint density at radius 1 is 1.04 bits per heavy atom. The average molecular weight is 401 g/mol. The molecule has 0 spiro atoms. The van der Waals surface area contributed by atoms with Crippen molar-refractivity contribution in [2.24, 2.45) is 0 Å².